The van der Waals surface area contributed by atoms with Crippen molar-refractivity contribution in [2.45, 2.75) is 13.5 Å². The fourth-order valence-electron chi connectivity index (χ4n) is 1.89. The minimum absolute atomic E-state index is 0.237. The van der Waals surface area contributed by atoms with Gasteiger partial charge in [0.25, 0.3) is 0 Å². The van der Waals surface area contributed by atoms with Crippen LogP contribution in [0.15, 0.2) is 42.5 Å². The Labute approximate surface area is 116 Å². The zero-order valence-corrected chi connectivity index (χ0v) is 11.1. The van der Waals surface area contributed by atoms with E-state index in [0.29, 0.717) is 12.3 Å². The van der Waals surface area contributed by atoms with E-state index in [-0.39, 0.29) is 6.01 Å². The molecule has 2 aromatic carbocycles. The predicted molar refractivity (Wildman–Crippen MR) is 76.5 cm³/mol. The Kier molecular flexibility index (Phi) is 3.26. The van der Waals surface area contributed by atoms with E-state index in [1.807, 2.05) is 49.4 Å². The molecule has 0 unspecified atom stereocenters. The predicted octanol–water partition coefficient (Wildman–Crippen LogP) is 2.58. The maximum atomic E-state index is 5.72. The number of benzene rings is 2. The van der Waals surface area contributed by atoms with E-state index in [1.165, 1.54) is 0 Å². The number of ether oxygens (including phenoxy) is 1. The molecule has 2 N–H and O–H groups in total. The Morgan fingerprint density at radius 2 is 1.85 bits per heavy atom. The van der Waals surface area contributed by atoms with Gasteiger partial charge in [0.2, 0.25) is 0 Å². The van der Waals surface area contributed by atoms with Crippen molar-refractivity contribution >= 4 is 11.0 Å². The molecule has 3 aromatic rings. The Balaban J connectivity index is 1.96. The average molecular weight is 266 g/mol. The lowest BCUT2D eigenvalue weighted by atomic mass is 10.1. The molecule has 3 rings (SSSR count). The molecule has 0 aliphatic rings. The molecule has 0 saturated carbocycles. The monoisotopic (exact) mass is 266 g/mol. The third kappa shape index (κ3) is 2.44. The minimum atomic E-state index is 0.237. The standard InChI is InChI=1S/C15H14N4O/c1-10-6-7-11(9-16)8-14(10)20-15-17-12-4-2-3-5-13(12)18-19-15/h2-8H,9,16H2,1H3. The molecule has 0 amide bonds. The first kappa shape index (κ1) is 12.5. The molecule has 0 atom stereocenters. The van der Waals surface area contributed by atoms with Crippen molar-refractivity contribution in [2.75, 3.05) is 0 Å². The van der Waals surface area contributed by atoms with Crippen molar-refractivity contribution in [3.63, 3.8) is 0 Å². The maximum Gasteiger partial charge on any atom is 0.341 e. The Bertz CT molecular complexity index is 758. The molecular formula is C15H14N4O. The van der Waals surface area contributed by atoms with Crippen LogP contribution in [0.25, 0.3) is 11.0 Å². The smallest absolute Gasteiger partial charge is 0.341 e. The van der Waals surface area contributed by atoms with Crippen molar-refractivity contribution in [1.82, 2.24) is 15.2 Å². The summed E-state index contributed by atoms with van der Waals surface area (Å²) in [7, 11) is 0. The number of aryl methyl sites for hydroxylation is 1. The Hall–Kier alpha value is -2.53. The van der Waals surface area contributed by atoms with Gasteiger partial charge in [-0.25, -0.2) is 0 Å². The van der Waals surface area contributed by atoms with Gasteiger partial charge in [-0.15, -0.1) is 5.10 Å². The highest BCUT2D eigenvalue weighted by atomic mass is 16.5. The molecule has 5 heteroatoms. The van der Waals surface area contributed by atoms with E-state index in [4.69, 9.17) is 10.5 Å². The first-order valence-electron chi connectivity index (χ1n) is 6.33. The number of aromatic nitrogens is 3. The highest BCUT2D eigenvalue weighted by Crippen LogP contribution is 2.24. The molecule has 0 spiro atoms. The summed E-state index contributed by atoms with van der Waals surface area (Å²) in [6, 6.07) is 13.6. The highest BCUT2D eigenvalue weighted by molar-refractivity contribution is 5.73. The molecular weight excluding hydrogens is 252 g/mol. The van der Waals surface area contributed by atoms with Gasteiger partial charge in [0.1, 0.15) is 11.3 Å². The van der Waals surface area contributed by atoms with Crippen LogP contribution in [-0.4, -0.2) is 15.2 Å². The molecule has 0 fully saturated rings. The molecule has 1 aromatic heterocycles. The summed E-state index contributed by atoms with van der Waals surface area (Å²) in [5.74, 6) is 0.699. The maximum absolute atomic E-state index is 5.72. The van der Waals surface area contributed by atoms with Gasteiger partial charge in [-0.3, -0.25) is 0 Å². The van der Waals surface area contributed by atoms with E-state index >= 15 is 0 Å². The normalized spacial score (nSPS) is 10.7. The summed E-state index contributed by atoms with van der Waals surface area (Å²) in [6.45, 7) is 2.43. The van der Waals surface area contributed by atoms with E-state index in [1.54, 1.807) is 0 Å². The van der Waals surface area contributed by atoms with Crippen LogP contribution >= 0.6 is 0 Å². The third-order valence-electron chi connectivity index (χ3n) is 3.03. The van der Waals surface area contributed by atoms with Crippen LogP contribution in [0.5, 0.6) is 11.8 Å². The molecule has 1 heterocycles. The lowest BCUT2D eigenvalue weighted by molar-refractivity contribution is 0.433. The molecule has 0 aliphatic carbocycles. The average Bonchev–Trinajstić information content (AvgIpc) is 2.49. The topological polar surface area (TPSA) is 73.9 Å². The first-order chi connectivity index (χ1) is 9.76. The van der Waals surface area contributed by atoms with Crippen LogP contribution in [0.1, 0.15) is 11.1 Å². The van der Waals surface area contributed by atoms with Crippen LogP contribution in [0, 0.1) is 6.92 Å². The second-order valence-electron chi connectivity index (χ2n) is 4.49. The summed E-state index contributed by atoms with van der Waals surface area (Å²) in [5.41, 5.74) is 9.13. The van der Waals surface area contributed by atoms with Gasteiger partial charge in [-0.2, -0.15) is 4.98 Å². The van der Waals surface area contributed by atoms with Crippen LogP contribution in [-0.2, 0) is 6.54 Å². The van der Waals surface area contributed by atoms with Crippen LogP contribution in [0.4, 0.5) is 0 Å². The fraction of sp³-hybridized carbons (Fsp3) is 0.133. The zero-order chi connectivity index (χ0) is 13.9. The van der Waals surface area contributed by atoms with Gasteiger partial charge in [0.05, 0.1) is 5.52 Å². The third-order valence-corrected chi connectivity index (χ3v) is 3.03. The number of fused-ring (bicyclic) bond motifs is 1. The van der Waals surface area contributed by atoms with Crippen LogP contribution < -0.4 is 10.5 Å². The van der Waals surface area contributed by atoms with Crippen LogP contribution in [0.2, 0.25) is 0 Å². The number of nitrogens with two attached hydrogens (primary N) is 1. The molecule has 0 radical (unpaired) electrons. The van der Waals surface area contributed by atoms with E-state index in [0.717, 1.165) is 22.2 Å². The number of nitrogens with zero attached hydrogens (tertiary/aromatic N) is 3. The van der Waals surface area contributed by atoms with Crippen molar-refractivity contribution in [3.05, 3.63) is 53.6 Å². The van der Waals surface area contributed by atoms with Gasteiger partial charge in [0.15, 0.2) is 0 Å². The fourth-order valence-corrected chi connectivity index (χ4v) is 1.89. The summed E-state index contributed by atoms with van der Waals surface area (Å²) in [6.07, 6.45) is 0. The molecule has 0 saturated heterocycles. The number of hydrogen-bond donors (Lipinski definition) is 1. The van der Waals surface area contributed by atoms with E-state index in [9.17, 15) is 0 Å². The second-order valence-corrected chi connectivity index (χ2v) is 4.49. The number of rotatable bonds is 3. The van der Waals surface area contributed by atoms with Crippen molar-refractivity contribution < 1.29 is 4.74 Å². The molecule has 0 aliphatic heterocycles. The van der Waals surface area contributed by atoms with Gasteiger partial charge in [0, 0.05) is 6.54 Å². The molecule has 0 bridgehead atoms. The van der Waals surface area contributed by atoms with E-state index < -0.39 is 0 Å². The summed E-state index contributed by atoms with van der Waals surface area (Å²) >= 11 is 0. The minimum Gasteiger partial charge on any atom is -0.423 e. The summed E-state index contributed by atoms with van der Waals surface area (Å²) in [5, 5.41) is 8.07. The van der Waals surface area contributed by atoms with Crippen LogP contribution in [0.3, 0.4) is 0 Å². The Morgan fingerprint density at radius 1 is 1.05 bits per heavy atom. The Morgan fingerprint density at radius 3 is 2.65 bits per heavy atom. The number of hydrogen-bond acceptors (Lipinski definition) is 5. The molecule has 20 heavy (non-hydrogen) atoms. The van der Waals surface area contributed by atoms with Gasteiger partial charge >= 0.3 is 6.01 Å². The first-order valence-corrected chi connectivity index (χ1v) is 6.33. The quantitative estimate of drug-likeness (QED) is 0.788. The lowest BCUT2D eigenvalue weighted by Gasteiger charge is -2.08. The highest BCUT2D eigenvalue weighted by Gasteiger charge is 2.07. The second kappa shape index (κ2) is 5.22. The van der Waals surface area contributed by atoms with E-state index in [2.05, 4.69) is 15.2 Å². The number of para-hydroxylation sites is 1. The van der Waals surface area contributed by atoms with Gasteiger partial charge < -0.3 is 10.5 Å². The molecule has 100 valence electrons. The SMILES string of the molecule is Cc1ccc(CN)cc1Oc1nnc2ccccc2n1. The van der Waals surface area contributed by atoms with Crippen molar-refractivity contribution in [2.24, 2.45) is 5.73 Å². The lowest BCUT2D eigenvalue weighted by Crippen LogP contribution is -1.99. The van der Waals surface area contributed by atoms with Gasteiger partial charge in [-0.1, -0.05) is 29.4 Å². The van der Waals surface area contributed by atoms with Crippen molar-refractivity contribution in [1.29, 1.82) is 0 Å². The summed E-state index contributed by atoms with van der Waals surface area (Å²) < 4.78 is 5.72. The zero-order valence-electron chi connectivity index (χ0n) is 11.1. The molecule has 5 nitrogen and oxygen atoms in total. The summed E-state index contributed by atoms with van der Waals surface area (Å²) in [4.78, 5) is 4.34. The van der Waals surface area contributed by atoms with Gasteiger partial charge in [-0.05, 0) is 36.2 Å². The largest absolute Gasteiger partial charge is 0.423 e. The van der Waals surface area contributed by atoms with Crippen molar-refractivity contribution in [3.8, 4) is 11.8 Å².